The van der Waals surface area contributed by atoms with Crippen LogP contribution in [-0.2, 0) is 58.4 Å². The average Bonchev–Trinajstić information content (AvgIpc) is 1.32. The first-order valence-corrected chi connectivity index (χ1v) is 27.7. The van der Waals surface area contributed by atoms with Crippen molar-refractivity contribution in [3.05, 3.63) is 204 Å². The number of benzene rings is 6. The van der Waals surface area contributed by atoms with Crippen molar-refractivity contribution in [2.24, 2.45) is 0 Å². The fourth-order valence-electron chi connectivity index (χ4n) is 9.29. The van der Waals surface area contributed by atoms with Crippen LogP contribution in [0.3, 0.4) is 0 Å². The maximum absolute atomic E-state index is 14.5. The van der Waals surface area contributed by atoms with Gasteiger partial charge in [0.2, 0.25) is 11.8 Å². The van der Waals surface area contributed by atoms with E-state index in [1.165, 1.54) is 37.8 Å². The topological polar surface area (TPSA) is 203 Å². The molecule has 0 bridgehead atoms. The first kappa shape index (κ1) is 58.0. The van der Waals surface area contributed by atoms with E-state index >= 15 is 0 Å². The smallest absolute Gasteiger partial charge is 0.417 e. The van der Waals surface area contributed by atoms with Gasteiger partial charge in [-0.1, -0.05) is 72.8 Å². The van der Waals surface area contributed by atoms with Gasteiger partial charge in [0.05, 0.1) is 57.8 Å². The lowest BCUT2D eigenvalue weighted by Gasteiger charge is -2.19. The molecule has 0 saturated carbocycles. The van der Waals surface area contributed by atoms with Crippen molar-refractivity contribution in [1.29, 1.82) is 0 Å². The molecule has 0 radical (unpaired) electrons. The summed E-state index contributed by atoms with van der Waals surface area (Å²) in [6.07, 6.45) is -10.3. The van der Waals surface area contributed by atoms with E-state index in [0.717, 1.165) is 23.8 Å². The molecule has 10 rings (SSSR count). The summed E-state index contributed by atoms with van der Waals surface area (Å²) in [4.78, 5) is 15.2. The number of methoxy groups -OCH3 is 1. The summed E-state index contributed by atoms with van der Waals surface area (Å²) in [5.41, 5.74) is -0.189. The summed E-state index contributed by atoms with van der Waals surface area (Å²) in [5, 5.41) is 20.6. The van der Waals surface area contributed by atoms with Crippen molar-refractivity contribution in [2.75, 3.05) is 16.6 Å². The van der Waals surface area contributed by atoms with Gasteiger partial charge >= 0.3 is 18.5 Å². The van der Waals surface area contributed by atoms with Crippen LogP contribution in [-0.4, -0.2) is 54.1 Å². The Balaban J connectivity index is 1.07. The number of hydrogen-bond acceptors (Lipinski definition) is 12. The molecule has 0 amide bonds. The SMILES string of the molecule is COc1ncc(-c2ccc3ncc(COc4ncc(-c5ccc6nccc(-c7ccc(CO)cc7)c6c5)cc4NS(=O)(=O)c4ccc(C(F)(F)F)cc4C(F)(F)F)c(-c4ccc(CO)cc4)c3c2)cc1NS(=O)(=O)c1ccccc1C(F)(F)F. The van der Waals surface area contributed by atoms with Crippen molar-refractivity contribution in [2.45, 2.75) is 48.1 Å². The predicted octanol–water partition coefficient (Wildman–Crippen LogP) is 13.5. The second kappa shape index (κ2) is 22.5. The molecule has 4 N–H and O–H groups in total. The van der Waals surface area contributed by atoms with Crippen LogP contribution in [0.25, 0.3) is 66.3 Å². The molecule has 0 saturated heterocycles. The number of ether oxygens (including phenoxy) is 2. The number of anilines is 2. The van der Waals surface area contributed by atoms with Crippen molar-refractivity contribution in [3.8, 4) is 56.3 Å². The Morgan fingerprint density at radius 3 is 1.58 bits per heavy atom. The van der Waals surface area contributed by atoms with Gasteiger partial charge in [0.1, 0.15) is 18.0 Å². The number of halogens is 9. The molecule has 0 unspecified atom stereocenters. The predicted molar refractivity (Wildman–Crippen MR) is 293 cm³/mol. The number of hydrogen-bond donors (Lipinski definition) is 4. The van der Waals surface area contributed by atoms with Gasteiger partial charge in [-0.3, -0.25) is 19.4 Å². The van der Waals surface area contributed by atoms with Gasteiger partial charge < -0.3 is 19.7 Å². The number of pyridine rings is 4. The van der Waals surface area contributed by atoms with E-state index in [0.29, 0.717) is 66.8 Å². The van der Waals surface area contributed by atoms with Crippen molar-refractivity contribution in [3.63, 3.8) is 0 Å². The van der Waals surface area contributed by atoms with Crippen molar-refractivity contribution >= 4 is 53.2 Å². The highest BCUT2D eigenvalue weighted by Gasteiger charge is 2.42. The van der Waals surface area contributed by atoms with E-state index in [4.69, 9.17) is 9.47 Å². The number of aliphatic hydroxyl groups excluding tert-OH is 2. The molecule has 0 aliphatic heterocycles. The van der Waals surface area contributed by atoms with Gasteiger partial charge in [-0.25, -0.2) is 26.8 Å². The molecular formula is C59H41F9N6O8S2. The molecule has 4 heterocycles. The second-order valence-corrected chi connectivity index (χ2v) is 22.1. The van der Waals surface area contributed by atoms with E-state index in [1.54, 1.807) is 97.2 Å². The molecule has 25 heteroatoms. The van der Waals surface area contributed by atoms with Crippen LogP contribution in [0.1, 0.15) is 33.4 Å². The Bertz CT molecular complexity index is 4400. The van der Waals surface area contributed by atoms with Gasteiger partial charge in [0.15, 0.2) is 0 Å². The lowest BCUT2D eigenvalue weighted by molar-refractivity contribution is -0.144. The Hall–Kier alpha value is -9.17. The molecule has 4 aromatic heterocycles. The summed E-state index contributed by atoms with van der Waals surface area (Å²) >= 11 is 0. The monoisotopic (exact) mass is 1200 g/mol. The van der Waals surface area contributed by atoms with Crippen molar-refractivity contribution < 1.29 is 76.0 Å². The first-order chi connectivity index (χ1) is 39.8. The van der Waals surface area contributed by atoms with Crippen LogP contribution in [0.15, 0.2) is 180 Å². The van der Waals surface area contributed by atoms with Gasteiger partial charge in [0, 0.05) is 52.3 Å². The van der Waals surface area contributed by atoms with Gasteiger partial charge in [-0.2, -0.15) is 39.5 Å². The number of aromatic nitrogens is 4. The molecular weight excluding hydrogens is 1160 g/mol. The molecule has 10 aromatic rings. The summed E-state index contributed by atoms with van der Waals surface area (Å²) in [7, 11) is -9.20. The lowest BCUT2D eigenvalue weighted by atomic mass is 9.94. The number of rotatable bonds is 16. The Labute approximate surface area is 472 Å². The van der Waals surface area contributed by atoms with Crippen LogP contribution in [0.5, 0.6) is 11.8 Å². The fraction of sp³-hybridized carbons (Fsp3) is 0.119. The number of fused-ring (bicyclic) bond motifs is 2. The molecule has 0 aliphatic rings. The van der Waals surface area contributed by atoms with E-state index in [2.05, 4.69) is 29.4 Å². The van der Waals surface area contributed by atoms with Gasteiger partial charge in [-0.05, 0) is 117 Å². The van der Waals surface area contributed by atoms with Crippen molar-refractivity contribution in [1.82, 2.24) is 19.9 Å². The molecule has 6 aromatic carbocycles. The summed E-state index contributed by atoms with van der Waals surface area (Å²) < 4.78 is 198. The third-order valence-corrected chi connectivity index (χ3v) is 16.2. The van der Waals surface area contributed by atoms with Crippen LogP contribution in [0.2, 0.25) is 0 Å². The molecule has 84 heavy (non-hydrogen) atoms. The zero-order valence-corrected chi connectivity index (χ0v) is 44.8. The minimum Gasteiger partial charge on any atom is -0.480 e. The van der Waals surface area contributed by atoms with Gasteiger partial charge in [0.25, 0.3) is 20.0 Å². The maximum atomic E-state index is 14.5. The number of nitrogens with zero attached hydrogens (tertiary/aromatic N) is 4. The molecule has 0 atom stereocenters. The first-order valence-electron chi connectivity index (χ1n) is 24.7. The van der Waals surface area contributed by atoms with E-state index < -0.39 is 83.2 Å². The minimum atomic E-state index is -5.59. The molecule has 0 fully saturated rings. The standard InChI is InChI=1S/C59H41F9N6O8S2/c1-81-55-50(73-83(77,78)52-5-3-2-4-46(52)58(63,64)65)24-39(27-71-55)38-15-18-49-45(23-38)54(36-12-8-34(31-76)9-13-36)41(29-70-49)32-82-56-51(74-84(79,80)53-19-16-42(57(60,61)62)26-47(53)59(66,67)68)25-40(28-72-56)37-14-17-48-44(22-37)43(20-21-69-48)35-10-6-33(30-75)7-11-35/h2-29,73-76H,30-32H2,1H3. The highest BCUT2D eigenvalue weighted by molar-refractivity contribution is 7.93. The zero-order chi connectivity index (χ0) is 59.9. The van der Waals surface area contributed by atoms with Crippen LogP contribution in [0.4, 0.5) is 50.9 Å². The zero-order valence-electron chi connectivity index (χ0n) is 43.1. The quantitative estimate of drug-likeness (QED) is 0.0668. The lowest BCUT2D eigenvalue weighted by Crippen LogP contribution is -2.21. The van der Waals surface area contributed by atoms with E-state index in [-0.39, 0.29) is 59.7 Å². The summed E-state index contributed by atoms with van der Waals surface area (Å²) in [6.45, 7) is -1.03. The number of alkyl halides is 9. The largest absolute Gasteiger partial charge is 0.480 e. The number of aliphatic hydroxyl groups is 2. The highest BCUT2D eigenvalue weighted by Crippen LogP contribution is 2.43. The highest BCUT2D eigenvalue weighted by atomic mass is 32.2. The van der Waals surface area contributed by atoms with E-state index in [9.17, 15) is 66.6 Å². The second-order valence-electron chi connectivity index (χ2n) is 18.7. The Morgan fingerprint density at radius 2 is 1.01 bits per heavy atom. The van der Waals surface area contributed by atoms with Crippen LogP contribution < -0.4 is 18.9 Å². The average molecular weight is 1200 g/mol. The Kier molecular flexibility index (Phi) is 15.6. The fourth-order valence-corrected chi connectivity index (χ4v) is 11.8. The number of sulfonamides is 2. The Morgan fingerprint density at radius 1 is 0.488 bits per heavy atom. The van der Waals surface area contributed by atoms with E-state index in [1.807, 2.05) is 0 Å². The third kappa shape index (κ3) is 12.0. The summed E-state index contributed by atoms with van der Waals surface area (Å²) in [6, 6.07) is 31.5. The van der Waals surface area contributed by atoms with Crippen LogP contribution >= 0.6 is 0 Å². The van der Waals surface area contributed by atoms with Crippen LogP contribution in [0, 0.1) is 0 Å². The number of nitrogens with one attached hydrogen (secondary N) is 2. The molecule has 0 aliphatic carbocycles. The third-order valence-electron chi connectivity index (χ3n) is 13.4. The molecule has 14 nitrogen and oxygen atoms in total. The normalized spacial score (nSPS) is 12.4. The maximum Gasteiger partial charge on any atom is 0.417 e. The molecule has 430 valence electrons. The molecule has 0 spiro atoms. The minimum absolute atomic E-state index is 0.190. The summed E-state index contributed by atoms with van der Waals surface area (Å²) in [5.74, 6) is -0.797. The van der Waals surface area contributed by atoms with Gasteiger partial charge in [-0.15, -0.1) is 0 Å².